The third-order valence-corrected chi connectivity index (χ3v) is 3.96. The third-order valence-electron chi connectivity index (χ3n) is 3.96. The molecule has 122 valence electrons. The van der Waals surface area contributed by atoms with Crippen LogP contribution in [0.4, 0.5) is 4.39 Å². The highest BCUT2D eigenvalue weighted by Crippen LogP contribution is 2.35. The summed E-state index contributed by atoms with van der Waals surface area (Å²) in [5.74, 6) is 0.00411. The number of pyridine rings is 1. The van der Waals surface area contributed by atoms with Crippen LogP contribution in [-0.2, 0) is 0 Å². The summed E-state index contributed by atoms with van der Waals surface area (Å²) >= 11 is 0. The Morgan fingerprint density at radius 3 is 2.40 bits per heavy atom. The van der Waals surface area contributed by atoms with Gasteiger partial charge in [0.05, 0.1) is 0 Å². The number of halogens is 1. The topological polar surface area (TPSA) is 42.1 Å². The Balaban J connectivity index is 2.00. The minimum atomic E-state index is -0.420. The second kappa shape index (κ2) is 6.24. The van der Waals surface area contributed by atoms with Gasteiger partial charge in [-0.25, -0.2) is 4.39 Å². The highest BCUT2D eigenvalue weighted by Gasteiger charge is 2.16. The molecule has 1 heterocycles. The van der Waals surface area contributed by atoms with E-state index >= 15 is 0 Å². The van der Waals surface area contributed by atoms with Crippen LogP contribution in [0.5, 0.6) is 11.5 Å². The highest BCUT2D eigenvalue weighted by molar-refractivity contribution is 5.97. The van der Waals surface area contributed by atoms with Crippen molar-refractivity contribution in [1.82, 2.24) is 4.98 Å². The van der Waals surface area contributed by atoms with Gasteiger partial charge in [0.2, 0.25) is 5.75 Å². The van der Waals surface area contributed by atoms with E-state index in [2.05, 4.69) is 4.98 Å². The fourth-order valence-corrected chi connectivity index (χ4v) is 2.86. The molecule has 0 amide bonds. The first kappa shape index (κ1) is 15.1. The molecular formula is C21H14FNO2. The van der Waals surface area contributed by atoms with E-state index < -0.39 is 5.82 Å². The molecule has 0 radical (unpaired) electrons. The van der Waals surface area contributed by atoms with Gasteiger partial charge in [-0.1, -0.05) is 54.6 Å². The van der Waals surface area contributed by atoms with Crippen molar-refractivity contribution in [3.05, 3.63) is 95.0 Å². The molecule has 0 atom stereocenters. The standard InChI is InChI=1S/C21H14FNO2/c22-15-9-6-10-16(13-15)25-20-19(14-7-2-1-3-8-14)17-11-4-5-12-18(17)23-21(20)24/h1-13H,(H,23,24). The second-order valence-electron chi connectivity index (χ2n) is 5.63. The lowest BCUT2D eigenvalue weighted by molar-refractivity contribution is 0.472. The predicted molar refractivity (Wildman–Crippen MR) is 96.5 cm³/mol. The fraction of sp³-hybridized carbons (Fsp3) is 0. The zero-order valence-electron chi connectivity index (χ0n) is 13.2. The van der Waals surface area contributed by atoms with Crippen LogP contribution in [0.2, 0.25) is 0 Å². The van der Waals surface area contributed by atoms with E-state index in [-0.39, 0.29) is 17.1 Å². The van der Waals surface area contributed by atoms with Crippen LogP contribution in [0.3, 0.4) is 0 Å². The predicted octanol–water partition coefficient (Wildman–Crippen LogP) is 5.13. The number of rotatable bonds is 3. The monoisotopic (exact) mass is 331 g/mol. The van der Waals surface area contributed by atoms with Crippen LogP contribution in [0.25, 0.3) is 22.0 Å². The molecule has 0 saturated carbocycles. The highest BCUT2D eigenvalue weighted by atomic mass is 19.1. The van der Waals surface area contributed by atoms with Crippen LogP contribution in [0, 0.1) is 5.82 Å². The summed E-state index contributed by atoms with van der Waals surface area (Å²) in [6, 6.07) is 22.8. The van der Waals surface area contributed by atoms with E-state index in [1.54, 1.807) is 12.1 Å². The second-order valence-corrected chi connectivity index (χ2v) is 5.63. The summed E-state index contributed by atoms with van der Waals surface area (Å²) in [7, 11) is 0. The van der Waals surface area contributed by atoms with E-state index in [0.29, 0.717) is 5.56 Å². The van der Waals surface area contributed by atoms with Crippen LogP contribution in [-0.4, -0.2) is 4.98 Å². The molecule has 4 aromatic rings. The average Bonchev–Trinajstić information content (AvgIpc) is 2.63. The molecule has 4 heteroatoms. The summed E-state index contributed by atoms with van der Waals surface area (Å²) in [6.07, 6.45) is 0. The number of benzene rings is 3. The number of aromatic amines is 1. The van der Waals surface area contributed by atoms with Gasteiger partial charge in [0.15, 0.2) is 0 Å². The first-order valence-corrected chi connectivity index (χ1v) is 7.86. The molecule has 0 aliphatic rings. The SMILES string of the molecule is O=c1[nH]c2ccccc2c(-c2ccccc2)c1Oc1cccc(F)c1. The molecule has 3 nitrogen and oxygen atoms in total. The van der Waals surface area contributed by atoms with Crippen molar-refractivity contribution in [2.45, 2.75) is 0 Å². The van der Waals surface area contributed by atoms with Crippen molar-refractivity contribution in [3.63, 3.8) is 0 Å². The average molecular weight is 331 g/mol. The van der Waals surface area contributed by atoms with E-state index in [9.17, 15) is 9.18 Å². The molecule has 0 spiro atoms. The van der Waals surface area contributed by atoms with Crippen molar-refractivity contribution < 1.29 is 9.13 Å². The number of H-pyrrole nitrogens is 1. The Morgan fingerprint density at radius 1 is 0.840 bits per heavy atom. The quantitative estimate of drug-likeness (QED) is 0.566. The van der Waals surface area contributed by atoms with Crippen LogP contribution in [0.15, 0.2) is 83.7 Å². The molecule has 0 aliphatic heterocycles. The van der Waals surface area contributed by atoms with Crippen molar-refractivity contribution in [3.8, 4) is 22.6 Å². The zero-order chi connectivity index (χ0) is 17.2. The van der Waals surface area contributed by atoms with Gasteiger partial charge in [-0.2, -0.15) is 0 Å². The smallest absolute Gasteiger partial charge is 0.292 e. The summed E-state index contributed by atoms with van der Waals surface area (Å²) < 4.78 is 19.3. The third kappa shape index (κ3) is 2.90. The largest absolute Gasteiger partial charge is 0.451 e. The maximum atomic E-state index is 13.5. The molecule has 0 aliphatic carbocycles. The molecule has 1 N–H and O–H groups in total. The Morgan fingerprint density at radius 2 is 1.60 bits per heavy atom. The number of ether oxygens (including phenoxy) is 1. The Kier molecular flexibility index (Phi) is 3.78. The van der Waals surface area contributed by atoms with Gasteiger partial charge in [0, 0.05) is 22.5 Å². The van der Waals surface area contributed by atoms with Crippen molar-refractivity contribution in [2.75, 3.05) is 0 Å². The summed E-state index contributed by atoms with van der Waals surface area (Å²) in [5, 5.41) is 0.861. The van der Waals surface area contributed by atoms with Crippen molar-refractivity contribution in [1.29, 1.82) is 0 Å². The molecule has 1 aromatic heterocycles. The lowest BCUT2D eigenvalue weighted by atomic mass is 10.0. The minimum Gasteiger partial charge on any atom is -0.451 e. The molecule has 0 saturated heterocycles. The molecule has 25 heavy (non-hydrogen) atoms. The maximum Gasteiger partial charge on any atom is 0.292 e. The molecule has 0 bridgehead atoms. The molecular weight excluding hydrogens is 317 g/mol. The van der Waals surface area contributed by atoms with Crippen LogP contribution >= 0.6 is 0 Å². The normalized spacial score (nSPS) is 10.8. The molecule has 3 aromatic carbocycles. The van der Waals surface area contributed by atoms with Gasteiger partial charge in [0.25, 0.3) is 5.56 Å². The van der Waals surface area contributed by atoms with Crippen LogP contribution < -0.4 is 10.3 Å². The van der Waals surface area contributed by atoms with E-state index in [1.807, 2.05) is 54.6 Å². The molecule has 4 rings (SSSR count). The summed E-state index contributed by atoms with van der Waals surface area (Å²) in [6.45, 7) is 0. The van der Waals surface area contributed by atoms with Crippen molar-refractivity contribution in [2.24, 2.45) is 0 Å². The lowest BCUT2D eigenvalue weighted by Gasteiger charge is -2.13. The number of aromatic nitrogens is 1. The lowest BCUT2D eigenvalue weighted by Crippen LogP contribution is -2.11. The van der Waals surface area contributed by atoms with Gasteiger partial charge >= 0.3 is 0 Å². The maximum absolute atomic E-state index is 13.5. The van der Waals surface area contributed by atoms with Gasteiger partial charge in [0.1, 0.15) is 11.6 Å². The van der Waals surface area contributed by atoms with E-state index in [4.69, 9.17) is 4.74 Å². The number of fused-ring (bicyclic) bond motifs is 1. The van der Waals surface area contributed by atoms with E-state index in [1.165, 1.54) is 12.1 Å². The summed E-state index contributed by atoms with van der Waals surface area (Å²) in [5.41, 5.74) is 1.90. The van der Waals surface area contributed by atoms with Gasteiger partial charge in [-0.05, 0) is 23.8 Å². The Labute approximate surface area is 143 Å². The fourth-order valence-electron chi connectivity index (χ4n) is 2.86. The minimum absolute atomic E-state index is 0.149. The number of para-hydroxylation sites is 1. The molecule has 0 fully saturated rings. The Bertz CT molecular complexity index is 1100. The van der Waals surface area contributed by atoms with Crippen molar-refractivity contribution >= 4 is 10.9 Å². The number of nitrogens with one attached hydrogen (secondary N) is 1. The molecule has 0 unspecified atom stereocenters. The Hall–Kier alpha value is -3.40. The van der Waals surface area contributed by atoms with Crippen LogP contribution in [0.1, 0.15) is 0 Å². The zero-order valence-corrected chi connectivity index (χ0v) is 13.2. The van der Waals surface area contributed by atoms with Gasteiger partial charge in [-0.3, -0.25) is 4.79 Å². The van der Waals surface area contributed by atoms with E-state index in [0.717, 1.165) is 16.5 Å². The summed E-state index contributed by atoms with van der Waals surface area (Å²) in [4.78, 5) is 15.5. The number of hydrogen-bond acceptors (Lipinski definition) is 2. The van der Waals surface area contributed by atoms with Gasteiger partial charge < -0.3 is 9.72 Å². The first-order valence-electron chi connectivity index (χ1n) is 7.86. The number of hydrogen-bond donors (Lipinski definition) is 1. The van der Waals surface area contributed by atoms with Gasteiger partial charge in [-0.15, -0.1) is 0 Å². The first-order chi connectivity index (χ1) is 12.2.